The van der Waals surface area contributed by atoms with E-state index < -0.39 is 10.0 Å². The van der Waals surface area contributed by atoms with Crippen LogP contribution in [0.2, 0.25) is 0 Å². The van der Waals surface area contributed by atoms with Crippen molar-refractivity contribution >= 4 is 31.9 Å². The number of nitrogens with zero attached hydrogens (tertiary/aromatic N) is 1. The topological polar surface area (TPSA) is 94.2 Å². The van der Waals surface area contributed by atoms with Gasteiger partial charge in [0, 0.05) is 23.4 Å². The maximum absolute atomic E-state index is 12.6. The second-order valence-electron chi connectivity index (χ2n) is 5.95. The number of carbonyl (C=O) groups is 1. The first-order chi connectivity index (χ1) is 12.8. The summed E-state index contributed by atoms with van der Waals surface area (Å²) >= 11 is 3.41. The predicted octanol–water partition coefficient (Wildman–Crippen LogP) is 2.86. The summed E-state index contributed by atoms with van der Waals surface area (Å²) in [6.45, 7) is 0.422. The van der Waals surface area contributed by atoms with Crippen LogP contribution in [0.4, 0.5) is 0 Å². The molecule has 0 aliphatic carbocycles. The Morgan fingerprint density at radius 2 is 1.74 bits per heavy atom. The summed E-state index contributed by atoms with van der Waals surface area (Å²) in [6, 6.07) is 15.7. The van der Waals surface area contributed by atoms with E-state index in [0.717, 1.165) is 15.7 Å². The van der Waals surface area contributed by atoms with Crippen LogP contribution in [0.3, 0.4) is 0 Å². The van der Waals surface area contributed by atoms with Gasteiger partial charge in [-0.2, -0.15) is 0 Å². The summed E-state index contributed by atoms with van der Waals surface area (Å²) in [4.78, 5) is 12.7. The molecule has 8 heteroatoms. The summed E-state index contributed by atoms with van der Waals surface area (Å²) in [7, 11) is -3.70. The van der Waals surface area contributed by atoms with Gasteiger partial charge in [0.15, 0.2) is 0 Å². The van der Waals surface area contributed by atoms with Gasteiger partial charge < -0.3 is 9.88 Å². The summed E-state index contributed by atoms with van der Waals surface area (Å²) < 4.78 is 25.3. The zero-order valence-corrected chi connectivity index (χ0v) is 16.7. The molecule has 0 bridgehead atoms. The smallest absolute Gasteiger partial charge is 0.253 e. The maximum Gasteiger partial charge on any atom is 0.253 e. The molecule has 3 rings (SSSR count). The van der Waals surface area contributed by atoms with Crippen LogP contribution in [0.15, 0.2) is 76.4 Å². The van der Waals surface area contributed by atoms with Gasteiger partial charge in [-0.3, -0.25) is 4.79 Å². The zero-order chi connectivity index (χ0) is 19.4. The molecule has 140 valence electrons. The number of nitrogens with one attached hydrogen (secondary N) is 1. The Bertz CT molecular complexity index is 1050. The van der Waals surface area contributed by atoms with Crippen molar-refractivity contribution in [3.63, 3.8) is 0 Å². The highest BCUT2D eigenvalue weighted by atomic mass is 79.9. The lowest BCUT2D eigenvalue weighted by molar-refractivity contribution is 0.0954. The second-order valence-corrected chi connectivity index (χ2v) is 8.42. The lowest BCUT2D eigenvalue weighted by atomic mass is 10.1. The fourth-order valence-electron chi connectivity index (χ4n) is 2.67. The van der Waals surface area contributed by atoms with E-state index in [9.17, 15) is 13.2 Å². The highest BCUT2D eigenvalue weighted by molar-refractivity contribution is 9.10. The van der Waals surface area contributed by atoms with Gasteiger partial charge in [-0.15, -0.1) is 0 Å². The van der Waals surface area contributed by atoms with Crippen molar-refractivity contribution < 1.29 is 13.2 Å². The lowest BCUT2D eigenvalue weighted by Crippen LogP contribution is -2.26. The summed E-state index contributed by atoms with van der Waals surface area (Å²) in [6.07, 6.45) is 4.34. The quantitative estimate of drug-likeness (QED) is 0.607. The first-order valence-corrected chi connectivity index (χ1v) is 10.5. The molecule has 0 saturated carbocycles. The molecule has 0 atom stereocenters. The molecule has 6 nitrogen and oxygen atoms in total. The Kier molecular flexibility index (Phi) is 5.79. The fraction of sp³-hybridized carbons (Fsp3) is 0.105. The van der Waals surface area contributed by atoms with Crippen LogP contribution in [0.5, 0.6) is 0 Å². The van der Waals surface area contributed by atoms with Gasteiger partial charge >= 0.3 is 0 Å². The van der Waals surface area contributed by atoms with Crippen molar-refractivity contribution in [2.75, 3.05) is 6.54 Å². The van der Waals surface area contributed by atoms with Crippen LogP contribution in [0.25, 0.3) is 5.69 Å². The molecule has 0 saturated heterocycles. The molecule has 0 aliphatic heterocycles. The lowest BCUT2D eigenvalue weighted by Gasteiger charge is -2.12. The molecule has 3 aromatic rings. The average Bonchev–Trinajstić information content (AvgIpc) is 3.15. The molecule has 2 aromatic carbocycles. The van der Waals surface area contributed by atoms with Crippen molar-refractivity contribution in [3.05, 3.63) is 82.6 Å². The van der Waals surface area contributed by atoms with E-state index in [-0.39, 0.29) is 10.8 Å². The van der Waals surface area contributed by atoms with Gasteiger partial charge in [0.1, 0.15) is 0 Å². The van der Waals surface area contributed by atoms with E-state index in [1.165, 1.54) is 12.1 Å². The molecule has 0 spiro atoms. The maximum atomic E-state index is 12.6. The number of carbonyl (C=O) groups excluding carboxylic acids is 1. The molecule has 1 amide bonds. The molecular formula is C19H18BrN3O3S. The number of halogens is 1. The summed E-state index contributed by atoms with van der Waals surface area (Å²) in [5.74, 6) is -0.179. The third kappa shape index (κ3) is 4.85. The molecule has 0 radical (unpaired) electrons. The van der Waals surface area contributed by atoms with Crippen LogP contribution in [0.1, 0.15) is 15.9 Å². The van der Waals surface area contributed by atoms with E-state index >= 15 is 0 Å². The van der Waals surface area contributed by atoms with Crippen LogP contribution in [0, 0.1) is 0 Å². The minimum Gasteiger partial charge on any atom is -0.352 e. The first-order valence-electron chi connectivity index (χ1n) is 8.17. The van der Waals surface area contributed by atoms with Crippen molar-refractivity contribution in [2.24, 2.45) is 5.14 Å². The van der Waals surface area contributed by atoms with Crippen molar-refractivity contribution in [1.29, 1.82) is 0 Å². The van der Waals surface area contributed by atoms with Gasteiger partial charge in [-0.1, -0.05) is 28.1 Å². The Morgan fingerprint density at radius 3 is 2.37 bits per heavy atom. The van der Waals surface area contributed by atoms with Gasteiger partial charge in [0.05, 0.1) is 16.1 Å². The Hall–Kier alpha value is -2.42. The molecule has 3 N–H and O–H groups in total. The Morgan fingerprint density at radius 1 is 1.07 bits per heavy atom. The van der Waals surface area contributed by atoms with Crippen LogP contribution in [-0.2, 0) is 16.4 Å². The van der Waals surface area contributed by atoms with Gasteiger partial charge in [-0.25, -0.2) is 13.6 Å². The number of aromatic nitrogens is 1. The number of hydrogen-bond donors (Lipinski definition) is 2. The zero-order valence-electron chi connectivity index (χ0n) is 14.3. The Labute approximate surface area is 166 Å². The number of rotatable bonds is 6. The van der Waals surface area contributed by atoms with Gasteiger partial charge in [-0.05, 0) is 54.4 Å². The third-order valence-corrected chi connectivity index (χ3v) is 5.46. The monoisotopic (exact) mass is 447 g/mol. The minimum absolute atomic E-state index is 0.0702. The third-order valence-electron chi connectivity index (χ3n) is 4.04. The largest absolute Gasteiger partial charge is 0.352 e. The number of nitrogens with two attached hydrogens (primary N) is 1. The van der Waals surface area contributed by atoms with Crippen LogP contribution in [-0.4, -0.2) is 25.4 Å². The SMILES string of the molecule is NS(=O)(=O)c1ccc(CCNC(=O)c2cc(Br)ccc2-n2cccc2)cc1. The highest BCUT2D eigenvalue weighted by Crippen LogP contribution is 2.20. The molecule has 0 aliphatic rings. The fourth-order valence-corrected chi connectivity index (χ4v) is 3.55. The van der Waals surface area contributed by atoms with Gasteiger partial charge in [0.25, 0.3) is 5.91 Å². The highest BCUT2D eigenvalue weighted by Gasteiger charge is 2.13. The molecular weight excluding hydrogens is 430 g/mol. The van der Waals surface area contributed by atoms with E-state index in [4.69, 9.17) is 5.14 Å². The standard InChI is InChI=1S/C19H18BrN3O3S/c20-15-5-8-18(23-11-1-2-12-23)17(13-15)19(24)22-10-9-14-3-6-16(7-4-14)27(21,25)26/h1-8,11-13H,9-10H2,(H,22,24)(H2,21,25,26). The van der Waals surface area contributed by atoms with E-state index in [1.807, 2.05) is 41.2 Å². The molecule has 1 aromatic heterocycles. The first kappa shape index (κ1) is 19.3. The number of benzene rings is 2. The van der Waals surface area contributed by atoms with Crippen molar-refractivity contribution in [3.8, 4) is 5.69 Å². The average molecular weight is 448 g/mol. The second kappa shape index (κ2) is 8.08. The summed E-state index contributed by atoms with van der Waals surface area (Å²) in [5, 5.41) is 7.99. The van der Waals surface area contributed by atoms with E-state index in [1.54, 1.807) is 18.2 Å². The number of sulfonamides is 1. The van der Waals surface area contributed by atoms with Crippen LogP contribution < -0.4 is 10.5 Å². The molecule has 0 unspecified atom stereocenters. The van der Waals surface area contributed by atoms with Gasteiger partial charge in [0.2, 0.25) is 10.0 Å². The molecule has 27 heavy (non-hydrogen) atoms. The normalized spacial score (nSPS) is 11.3. The molecule has 0 fully saturated rings. The number of amides is 1. The van der Waals surface area contributed by atoms with Crippen LogP contribution >= 0.6 is 15.9 Å². The number of primary sulfonamides is 1. The Balaban J connectivity index is 1.67. The molecule has 1 heterocycles. The van der Waals surface area contributed by atoms with Crippen molar-refractivity contribution in [1.82, 2.24) is 9.88 Å². The van der Waals surface area contributed by atoms with Crippen molar-refractivity contribution in [2.45, 2.75) is 11.3 Å². The van der Waals surface area contributed by atoms with E-state index in [0.29, 0.717) is 18.5 Å². The minimum atomic E-state index is -3.70. The summed E-state index contributed by atoms with van der Waals surface area (Å²) in [5.41, 5.74) is 2.26. The van der Waals surface area contributed by atoms with E-state index in [2.05, 4.69) is 21.2 Å². The number of hydrogen-bond acceptors (Lipinski definition) is 3. The predicted molar refractivity (Wildman–Crippen MR) is 107 cm³/mol.